The third kappa shape index (κ3) is 8.68. The molecule has 1 aromatic carbocycles. The van der Waals surface area contributed by atoms with Crippen LogP contribution >= 0.6 is 0 Å². The molecule has 0 heterocycles. The van der Waals surface area contributed by atoms with Gasteiger partial charge in [0.2, 0.25) is 0 Å². The van der Waals surface area contributed by atoms with Crippen LogP contribution in [-0.2, 0) is 6.18 Å². The van der Waals surface area contributed by atoms with Gasteiger partial charge in [-0.25, -0.2) is 0 Å². The van der Waals surface area contributed by atoms with Crippen LogP contribution in [0.25, 0.3) is 0 Å². The highest BCUT2D eigenvalue weighted by Gasteiger charge is 2.30. The summed E-state index contributed by atoms with van der Waals surface area (Å²) in [5.41, 5.74) is 1.28. The fourth-order valence-electron chi connectivity index (χ4n) is 2.45. The summed E-state index contributed by atoms with van der Waals surface area (Å²) >= 11 is 0. The van der Waals surface area contributed by atoms with Crippen LogP contribution in [0.3, 0.4) is 0 Å². The molecule has 0 amide bonds. The maximum absolute atomic E-state index is 12.6. The highest BCUT2D eigenvalue weighted by atomic mass is 19.4. The summed E-state index contributed by atoms with van der Waals surface area (Å²) < 4.78 is 37.9. The largest absolute Gasteiger partial charge is 0.416 e. The monoisotopic (exact) mass is 327 g/mol. The Morgan fingerprint density at radius 1 is 1.13 bits per heavy atom. The number of allylic oxidation sites excluding steroid dienone is 1. The SMILES string of the molecule is CCCCCCC/C(C)=C/CCNc1cccc(C(F)(F)F)c1. The number of anilines is 1. The predicted molar refractivity (Wildman–Crippen MR) is 91.7 cm³/mol. The molecule has 0 aliphatic carbocycles. The summed E-state index contributed by atoms with van der Waals surface area (Å²) in [6.07, 6.45) is 6.22. The topological polar surface area (TPSA) is 12.0 Å². The molecule has 130 valence electrons. The summed E-state index contributed by atoms with van der Waals surface area (Å²) in [5, 5.41) is 3.05. The van der Waals surface area contributed by atoms with Gasteiger partial charge in [-0.1, -0.05) is 50.3 Å². The molecule has 0 saturated heterocycles. The van der Waals surface area contributed by atoms with E-state index in [9.17, 15) is 13.2 Å². The Morgan fingerprint density at radius 3 is 2.57 bits per heavy atom. The Balaban J connectivity index is 2.27. The van der Waals surface area contributed by atoms with Crippen molar-refractivity contribution >= 4 is 5.69 Å². The van der Waals surface area contributed by atoms with Crippen molar-refractivity contribution in [3.63, 3.8) is 0 Å². The summed E-state index contributed by atoms with van der Waals surface area (Å²) in [6, 6.07) is 5.35. The van der Waals surface area contributed by atoms with Crippen molar-refractivity contribution in [3.8, 4) is 0 Å². The van der Waals surface area contributed by atoms with Crippen LogP contribution in [0.15, 0.2) is 35.9 Å². The van der Waals surface area contributed by atoms with Gasteiger partial charge >= 0.3 is 6.18 Å². The Kier molecular flexibility index (Phi) is 8.82. The predicted octanol–water partition coefficient (Wildman–Crippen LogP) is 6.81. The molecular weight excluding hydrogens is 299 g/mol. The van der Waals surface area contributed by atoms with E-state index in [2.05, 4.69) is 25.2 Å². The van der Waals surface area contributed by atoms with Gasteiger partial charge in [0.25, 0.3) is 0 Å². The van der Waals surface area contributed by atoms with E-state index >= 15 is 0 Å². The van der Waals surface area contributed by atoms with Crippen LogP contribution in [0, 0.1) is 0 Å². The third-order valence-corrected chi connectivity index (χ3v) is 3.83. The van der Waals surface area contributed by atoms with Crippen molar-refractivity contribution in [2.45, 2.75) is 65.0 Å². The smallest absolute Gasteiger partial charge is 0.385 e. The molecule has 0 aliphatic rings. The summed E-state index contributed by atoms with van der Waals surface area (Å²) in [6.45, 7) is 4.99. The van der Waals surface area contributed by atoms with E-state index in [1.807, 2.05) is 0 Å². The Hall–Kier alpha value is -1.45. The standard InChI is InChI=1S/C19H28F3N/c1-3-4-5-6-7-10-16(2)11-9-14-23-18-13-8-12-17(15-18)19(20,21)22/h8,11-13,15,23H,3-7,9-10,14H2,1-2H3/b16-11+. The van der Waals surface area contributed by atoms with Gasteiger partial charge in [-0.3, -0.25) is 0 Å². The zero-order valence-corrected chi connectivity index (χ0v) is 14.2. The van der Waals surface area contributed by atoms with Gasteiger partial charge in [0.05, 0.1) is 5.56 Å². The van der Waals surface area contributed by atoms with Crippen molar-refractivity contribution in [1.82, 2.24) is 0 Å². The van der Waals surface area contributed by atoms with Crippen LogP contribution < -0.4 is 5.32 Å². The van der Waals surface area contributed by atoms with Crippen molar-refractivity contribution < 1.29 is 13.2 Å². The third-order valence-electron chi connectivity index (χ3n) is 3.83. The normalized spacial score (nSPS) is 12.5. The van der Waals surface area contributed by atoms with Gasteiger partial charge in [-0.05, 0) is 44.4 Å². The first-order valence-corrected chi connectivity index (χ1v) is 8.50. The maximum Gasteiger partial charge on any atom is 0.416 e. The number of unbranched alkanes of at least 4 members (excludes halogenated alkanes) is 4. The molecule has 0 saturated carbocycles. The minimum atomic E-state index is -4.29. The first-order chi connectivity index (χ1) is 10.9. The van der Waals surface area contributed by atoms with Crippen LogP contribution in [0.1, 0.15) is 64.4 Å². The Morgan fingerprint density at radius 2 is 1.87 bits per heavy atom. The van der Waals surface area contributed by atoms with Crippen LogP contribution in [0.2, 0.25) is 0 Å². The van der Waals surface area contributed by atoms with Crippen molar-refractivity contribution in [3.05, 3.63) is 41.5 Å². The summed E-state index contributed by atoms with van der Waals surface area (Å²) in [4.78, 5) is 0. The first kappa shape index (κ1) is 19.6. The number of rotatable bonds is 10. The van der Waals surface area contributed by atoms with E-state index < -0.39 is 11.7 Å². The molecule has 1 N–H and O–H groups in total. The highest BCUT2D eigenvalue weighted by Crippen LogP contribution is 2.30. The van der Waals surface area contributed by atoms with Crippen molar-refractivity contribution in [1.29, 1.82) is 0 Å². The molecule has 4 heteroatoms. The van der Waals surface area contributed by atoms with E-state index in [-0.39, 0.29) is 0 Å². The van der Waals surface area contributed by atoms with Gasteiger partial charge in [0.15, 0.2) is 0 Å². The highest BCUT2D eigenvalue weighted by molar-refractivity contribution is 5.46. The zero-order chi connectivity index (χ0) is 17.1. The van der Waals surface area contributed by atoms with E-state index in [0.717, 1.165) is 25.0 Å². The minimum Gasteiger partial charge on any atom is -0.385 e. The van der Waals surface area contributed by atoms with Crippen molar-refractivity contribution in [2.75, 3.05) is 11.9 Å². The molecule has 1 nitrogen and oxygen atoms in total. The van der Waals surface area contributed by atoms with E-state index in [0.29, 0.717) is 12.2 Å². The molecule has 0 spiro atoms. The fourth-order valence-corrected chi connectivity index (χ4v) is 2.45. The second-order valence-corrected chi connectivity index (χ2v) is 6.01. The molecule has 1 aromatic rings. The molecule has 23 heavy (non-hydrogen) atoms. The minimum absolute atomic E-state index is 0.519. The number of alkyl halides is 3. The molecule has 0 atom stereocenters. The van der Waals surface area contributed by atoms with Gasteiger partial charge in [0, 0.05) is 12.2 Å². The average molecular weight is 327 g/mol. The lowest BCUT2D eigenvalue weighted by Crippen LogP contribution is -2.06. The molecule has 0 aliphatic heterocycles. The summed E-state index contributed by atoms with van der Waals surface area (Å²) in [5.74, 6) is 0. The lowest BCUT2D eigenvalue weighted by atomic mass is 10.1. The van der Waals surface area contributed by atoms with Gasteiger partial charge < -0.3 is 5.32 Å². The number of hydrogen-bond donors (Lipinski definition) is 1. The number of nitrogens with one attached hydrogen (secondary N) is 1. The maximum atomic E-state index is 12.6. The van der Waals surface area contributed by atoms with E-state index in [1.54, 1.807) is 6.07 Å². The van der Waals surface area contributed by atoms with Crippen LogP contribution in [0.4, 0.5) is 18.9 Å². The second-order valence-electron chi connectivity index (χ2n) is 6.01. The van der Waals surface area contributed by atoms with E-state index in [4.69, 9.17) is 0 Å². The lowest BCUT2D eigenvalue weighted by molar-refractivity contribution is -0.137. The zero-order valence-electron chi connectivity index (χ0n) is 14.2. The average Bonchev–Trinajstić information content (AvgIpc) is 2.51. The van der Waals surface area contributed by atoms with Gasteiger partial charge in [0.1, 0.15) is 0 Å². The Bertz CT molecular complexity index is 478. The summed E-state index contributed by atoms with van der Waals surface area (Å²) in [7, 11) is 0. The second kappa shape index (κ2) is 10.3. The fraction of sp³-hybridized carbons (Fsp3) is 0.579. The van der Waals surface area contributed by atoms with Crippen molar-refractivity contribution in [2.24, 2.45) is 0 Å². The molecular formula is C19H28F3N. The van der Waals surface area contributed by atoms with E-state index in [1.165, 1.54) is 43.7 Å². The van der Waals surface area contributed by atoms with Crippen LogP contribution in [-0.4, -0.2) is 6.54 Å². The molecule has 0 unspecified atom stereocenters. The molecule has 0 radical (unpaired) electrons. The molecule has 0 fully saturated rings. The lowest BCUT2D eigenvalue weighted by Gasteiger charge is -2.10. The number of benzene rings is 1. The Labute approximate surface area is 138 Å². The quantitative estimate of drug-likeness (QED) is 0.367. The first-order valence-electron chi connectivity index (χ1n) is 8.50. The number of hydrogen-bond acceptors (Lipinski definition) is 1. The van der Waals surface area contributed by atoms with Crippen LogP contribution in [0.5, 0.6) is 0 Å². The molecule has 1 rings (SSSR count). The number of halogens is 3. The molecule has 0 bridgehead atoms. The van der Waals surface area contributed by atoms with Gasteiger partial charge in [-0.15, -0.1) is 0 Å². The van der Waals surface area contributed by atoms with Gasteiger partial charge in [-0.2, -0.15) is 13.2 Å². The molecule has 0 aromatic heterocycles.